The molecule has 1 unspecified atom stereocenters. The van der Waals surface area contributed by atoms with E-state index in [1.807, 2.05) is 6.08 Å². The Hall–Kier alpha value is -1.82. The van der Waals surface area contributed by atoms with E-state index in [1.165, 1.54) is 19.8 Å². The van der Waals surface area contributed by atoms with Crippen LogP contribution in [0.5, 0.6) is 0 Å². The average molecular weight is 573 g/mol. The summed E-state index contributed by atoms with van der Waals surface area (Å²) >= 11 is 0. The van der Waals surface area contributed by atoms with Gasteiger partial charge in [0.25, 0.3) is 0 Å². The summed E-state index contributed by atoms with van der Waals surface area (Å²) in [5.74, 6) is 0.703. The van der Waals surface area contributed by atoms with E-state index < -0.39 is 25.0 Å². The van der Waals surface area contributed by atoms with Crippen molar-refractivity contribution >= 4 is 13.4 Å². The molecule has 2 N–H and O–H groups in total. The van der Waals surface area contributed by atoms with Crippen LogP contribution in [0.2, 0.25) is 0 Å². The van der Waals surface area contributed by atoms with Crippen LogP contribution >= 0.6 is 7.60 Å². The maximum atomic E-state index is 13.7. The van der Waals surface area contributed by atoms with Gasteiger partial charge in [-0.2, -0.15) is 0 Å². The summed E-state index contributed by atoms with van der Waals surface area (Å²) in [5, 5.41) is 19.0. The number of hydrogen-bond acceptors (Lipinski definition) is 6. The van der Waals surface area contributed by atoms with Crippen LogP contribution in [0, 0.1) is 23.2 Å². The van der Waals surface area contributed by atoms with Crippen molar-refractivity contribution in [3.8, 4) is 0 Å². The molecular weight excluding hydrogens is 523 g/mol. The van der Waals surface area contributed by atoms with E-state index in [9.17, 15) is 19.6 Å². The molecule has 0 aromatic carbocycles. The Balaban J connectivity index is 1.83. The highest BCUT2D eigenvalue weighted by Crippen LogP contribution is 2.63. The zero-order chi connectivity index (χ0) is 29.7. The number of carbonyl (C=O) groups is 1. The number of aliphatic hydroxyl groups excluding tert-OH is 2. The van der Waals surface area contributed by atoms with Gasteiger partial charge in [0, 0.05) is 20.6 Å². The molecule has 3 fully saturated rings. The topological polar surface area (TPSA) is 93.1 Å². The minimum absolute atomic E-state index is 0.103. The fourth-order valence-electron chi connectivity index (χ4n) is 7.68. The lowest BCUT2D eigenvalue weighted by Gasteiger charge is -2.44. The van der Waals surface area contributed by atoms with Gasteiger partial charge in [0.05, 0.1) is 12.2 Å². The van der Waals surface area contributed by atoms with Crippen LogP contribution in [-0.2, 0) is 18.4 Å². The van der Waals surface area contributed by atoms with Crippen molar-refractivity contribution in [2.24, 2.45) is 23.2 Å². The molecule has 6 nitrogen and oxygen atoms in total. The molecule has 3 aliphatic carbocycles. The Morgan fingerprint density at radius 2 is 1.82 bits per heavy atom. The van der Waals surface area contributed by atoms with Gasteiger partial charge in [0.1, 0.15) is 5.16 Å². The molecule has 7 heteroatoms. The molecule has 0 bridgehead atoms. The molecule has 0 saturated heterocycles. The lowest BCUT2D eigenvalue weighted by molar-refractivity contribution is -0.117. The van der Waals surface area contributed by atoms with Gasteiger partial charge >= 0.3 is 7.60 Å². The van der Waals surface area contributed by atoms with E-state index in [4.69, 9.17) is 9.05 Å². The summed E-state index contributed by atoms with van der Waals surface area (Å²) < 4.78 is 24.2. The zero-order valence-electron chi connectivity index (χ0n) is 24.8. The molecule has 0 aliphatic heterocycles. The van der Waals surface area contributed by atoms with Gasteiger partial charge in [-0.1, -0.05) is 56.4 Å². The van der Waals surface area contributed by atoms with Crippen LogP contribution in [0.25, 0.3) is 0 Å². The zero-order valence-corrected chi connectivity index (χ0v) is 25.7. The number of carbonyl (C=O) groups excluding carboxylic acids is 1. The van der Waals surface area contributed by atoms with Crippen molar-refractivity contribution in [1.29, 1.82) is 0 Å². The molecule has 0 radical (unpaired) electrons. The van der Waals surface area contributed by atoms with Crippen LogP contribution in [-0.4, -0.2) is 47.6 Å². The second kappa shape index (κ2) is 13.4. The number of ketones is 1. The molecule has 0 aromatic heterocycles. The predicted octanol–water partition coefficient (Wildman–Crippen LogP) is 7.27. The largest absolute Gasteiger partial charge is 0.393 e. The van der Waals surface area contributed by atoms with E-state index in [1.54, 1.807) is 18.2 Å². The highest BCUT2D eigenvalue weighted by atomic mass is 31.2. The first-order valence-electron chi connectivity index (χ1n) is 14.5. The van der Waals surface area contributed by atoms with Gasteiger partial charge in [0.2, 0.25) is 0 Å². The van der Waals surface area contributed by atoms with E-state index in [2.05, 4.69) is 45.7 Å². The van der Waals surface area contributed by atoms with Gasteiger partial charge in [-0.3, -0.25) is 9.36 Å². The lowest BCUT2D eigenvalue weighted by Crippen LogP contribution is -2.38. The monoisotopic (exact) mass is 572 g/mol. The van der Waals surface area contributed by atoms with Gasteiger partial charge in [-0.05, 0) is 91.8 Å². The van der Waals surface area contributed by atoms with Crippen molar-refractivity contribution in [2.75, 3.05) is 14.2 Å². The Kier molecular flexibility index (Phi) is 11.0. The number of rotatable bonds is 12. The number of fused-ring (bicyclic) bond motifs is 1. The maximum absolute atomic E-state index is 13.7. The van der Waals surface area contributed by atoms with Crippen molar-refractivity contribution < 1.29 is 28.6 Å². The number of aliphatic hydroxyl groups is 2. The highest BCUT2D eigenvalue weighted by molar-refractivity contribution is 7.56. The van der Waals surface area contributed by atoms with Crippen molar-refractivity contribution in [1.82, 2.24) is 0 Å². The molecule has 0 heterocycles. The molecule has 3 aliphatic rings. The Labute approximate surface area is 241 Å². The average Bonchev–Trinajstić information content (AvgIpc) is 3.29. The summed E-state index contributed by atoms with van der Waals surface area (Å²) in [6.07, 6.45) is 16.4. The minimum Gasteiger partial charge on any atom is -0.393 e. The third-order valence-corrected chi connectivity index (χ3v) is 12.5. The van der Waals surface area contributed by atoms with Gasteiger partial charge in [-0.15, -0.1) is 13.2 Å². The van der Waals surface area contributed by atoms with Gasteiger partial charge in [-0.25, -0.2) is 0 Å². The molecule has 0 aromatic rings. The van der Waals surface area contributed by atoms with E-state index in [0.717, 1.165) is 37.7 Å². The summed E-state index contributed by atoms with van der Waals surface area (Å²) in [5.41, 5.74) is 3.17. The standard InChI is InChI=1S/C33H49O6P/c1-8-18-33(19-9-2,40(37,38-6)39-7)31(36)17-12-23(3)28-15-16-29-25(11-10-20-32(28,29)5)13-14-26-21-27(34)22-30(35)24(26)4/h8-9,12-14,17,23,27-30,34-35H,1-2,4,10-11,15-16,18-22H2,3,5-7H3/t23-,27-,28-,29?,30+,32-/m1/s1. The summed E-state index contributed by atoms with van der Waals surface area (Å²) in [6.45, 7) is 16.2. The van der Waals surface area contributed by atoms with Crippen LogP contribution < -0.4 is 0 Å². The summed E-state index contributed by atoms with van der Waals surface area (Å²) in [6, 6.07) is 0. The van der Waals surface area contributed by atoms with E-state index >= 15 is 0 Å². The number of hydrogen-bond donors (Lipinski definition) is 2. The van der Waals surface area contributed by atoms with Crippen LogP contribution in [0.4, 0.5) is 0 Å². The fourth-order valence-corrected chi connectivity index (χ4v) is 9.58. The highest BCUT2D eigenvalue weighted by Gasteiger charge is 2.54. The Morgan fingerprint density at radius 3 is 2.42 bits per heavy atom. The second-order valence-electron chi connectivity index (χ2n) is 12.1. The van der Waals surface area contributed by atoms with Gasteiger partial charge in [0.15, 0.2) is 5.78 Å². The third kappa shape index (κ3) is 6.17. The van der Waals surface area contributed by atoms with Crippen molar-refractivity contribution in [3.63, 3.8) is 0 Å². The molecule has 6 atom stereocenters. The Bertz CT molecular complexity index is 1100. The molecule has 3 saturated carbocycles. The first-order chi connectivity index (χ1) is 18.9. The van der Waals surface area contributed by atoms with Crippen LogP contribution in [0.1, 0.15) is 71.6 Å². The van der Waals surface area contributed by atoms with Crippen LogP contribution in [0.15, 0.2) is 72.9 Å². The SMILES string of the molecule is C=CCC(CC=C)(C(=O)C=C[C@@H](C)[C@H]1CCC2C(=CC=C3C[C@@H](O)C[C@H](O)C3=C)CCC[C@@]21C)P(=O)(OC)OC. The predicted molar refractivity (Wildman–Crippen MR) is 162 cm³/mol. The maximum Gasteiger partial charge on any atom is 0.344 e. The quantitative estimate of drug-likeness (QED) is 0.145. The normalized spacial score (nSPS) is 32.4. The van der Waals surface area contributed by atoms with E-state index in [-0.39, 0.29) is 30.0 Å². The summed E-state index contributed by atoms with van der Waals surface area (Å²) in [7, 11) is -1.15. The summed E-state index contributed by atoms with van der Waals surface area (Å²) in [4.78, 5) is 13.7. The number of allylic oxidation sites excluding steroid dienone is 7. The first-order valence-corrected chi connectivity index (χ1v) is 16.1. The molecule has 40 heavy (non-hydrogen) atoms. The molecule has 0 amide bonds. The third-order valence-electron chi connectivity index (χ3n) is 9.92. The Morgan fingerprint density at radius 1 is 1.18 bits per heavy atom. The first kappa shape index (κ1) is 32.7. The smallest absolute Gasteiger partial charge is 0.344 e. The molecule has 3 rings (SSSR count). The van der Waals surface area contributed by atoms with Crippen molar-refractivity contribution in [3.05, 3.63) is 72.9 Å². The second-order valence-corrected chi connectivity index (χ2v) is 14.7. The fraction of sp³-hybridized carbons (Fsp3) is 0.606. The van der Waals surface area contributed by atoms with Crippen molar-refractivity contribution in [2.45, 2.75) is 89.0 Å². The lowest BCUT2D eigenvalue weighted by atomic mass is 9.61. The van der Waals surface area contributed by atoms with Gasteiger partial charge < -0.3 is 19.3 Å². The minimum atomic E-state index is -3.77. The molecule has 0 spiro atoms. The molecular formula is C33H49O6P. The molecule has 222 valence electrons. The van der Waals surface area contributed by atoms with E-state index in [0.29, 0.717) is 30.3 Å². The van der Waals surface area contributed by atoms with Crippen LogP contribution in [0.3, 0.4) is 0 Å².